The van der Waals surface area contributed by atoms with E-state index < -0.39 is 6.36 Å². The molecule has 3 aromatic heterocycles. The Labute approximate surface area is 210 Å². The molecule has 12 heteroatoms. The van der Waals surface area contributed by atoms with Crippen molar-refractivity contribution in [3.8, 4) is 28.7 Å². The number of aromatic nitrogens is 5. The Morgan fingerprint density at radius 2 is 1.89 bits per heavy atom. The van der Waals surface area contributed by atoms with E-state index in [2.05, 4.69) is 34.7 Å². The molecule has 0 unspecified atom stereocenters. The van der Waals surface area contributed by atoms with Gasteiger partial charge in [-0.25, -0.2) is 11.6 Å². The summed E-state index contributed by atoms with van der Waals surface area (Å²) >= 11 is 0. The van der Waals surface area contributed by atoms with E-state index in [-0.39, 0.29) is 23.5 Å². The molecule has 1 aromatic carbocycles. The average Bonchev–Trinajstić information content (AvgIpc) is 3.51. The van der Waals surface area contributed by atoms with Gasteiger partial charge in [-0.2, -0.15) is 10.1 Å². The lowest BCUT2D eigenvalue weighted by Crippen LogP contribution is -2.35. The van der Waals surface area contributed by atoms with Gasteiger partial charge < -0.3 is 19.0 Å². The summed E-state index contributed by atoms with van der Waals surface area (Å²) in [6, 6.07) is 11.1. The summed E-state index contributed by atoms with van der Waals surface area (Å²) in [4.78, 5) is 14.7. The van der Waals surface area contributed by atoms with E-state index in [1.54, 1.807) is 6.20 Å². The zero-order chi connectivity index (χ0) is 26.0. The van der Waals surface area contributed by atoms with Crippen molar-refractivity contribution >= 4 is 5.82 Å². The van der Waals surface area contributed by atoms with Gasteiger partial charge in [0.2, 0.25) is 11.9 Å². The van der Waals surface area contributed by atoms with Gasteiger partial charge in [0, 0.05) is 43.4 Å². The van der Waals surface area contributed by atoms with Crippen LogP contribution in [-0.2, 0) is 6.54 Å². The molecule has 0 bridgehead atoms. The smallest absolute Gasteiger partial charge is 0.406 e. The first-order valence-corrected chi connectivity index (χ1v) is 11.6. The molecule has 4 heterocycles. The van der Waals surface area contributed by atoms with Crippen LogP contribution in [0.15, 0.2) is 53.2 Å². The highest BCUT2D eigenvalue weighted by Crippen LogP contribution is 2.27. The number of hydrogen-bond donors (Lipinski definition) is 0. The predicted molar refractivity (Wildman–Crippen MR) is 128 cm³/mol. The zero-order valence-corrected chi connectivity index (χ0v) is 19.8. The number of piperidine rings is 1. The van der Waals surface area contributed by atoms with Gasteiger partial charge in [-0.1, -0.05) is 5.16 Å². The monoisotopic (exact) mass is 509 g/mol. The molecule has 0 N–H and O–H groups in total. The molecule has 4 aromatic rings. The molecule has 0 saturated carbocycles. The first-order valence-electron chi connectivity index (χ1n) is 11.6. The average molecular weight is 509 g/mol. The molecule has 0 amide bonds. The summed E-state index contributed by atoms with van der Waals surface area (Å²) in [5.41, 5.74) is 2.89. The van der Waals surface area contributed by atoms with Crippen LogP contribution in [0.2, 0.25) is 0 Å². The lowest BCUT2D eigenvalue weighted by Gasteiger charge is -2.28. The standard InChI is InChI=1S/C25H22F3N7O2/c1-16-13-21(24-31-23(33-37-24)18-3-5-20(6-4-18)36-25(26,27)28)32-35(16)15-17-7-10-30-22(14-17)34-11-8-19(29-2)9-12-34/h3-7,10,13-14,19H,8-9,11-12,15H2,1H3. The minimum absolute atomic E-state index is 0.0950. The number of rotatable bonds is 6. The van der Waals surface area contributed by atoms with Crippen LogP contribution in [0.25, 0.3) is 27.8 Å². The quantitative estimate of drug-likeness (QED) is 0.333. The van der Waals surface area contributed by atoms with Gasteiger partial charge in [0.1, 0.15) is 11.6 Å². The highest BCUT2D eigenvalue weighted by atomic mass is 19.4. The van der Waals surface area contributed by atoms with Gasteiger partial charge in [-0.05, 0) is 55.0 Å². The van der Waals surface area contributed by atoms with Gasteiger partial charge in [0.05, 0.1) is 6.54 Å². The third-order valence-electron chi connectivity index (χ3n) is 6.09. The van der Waals surface area contributed by atoms with Crippen LogP contribution in [0.4, 0.5) is 19.0 Å². The Morgan fingerprint density at radius 1 is 1.14 bits per heavy atom. The molecule has 0 radical (unpaired) electrons. The van der Waals surface area contributed by atoms with Crippen molar-refractivity contribution < 1.29 is 22.4 Å². The van der Waals surface area contributed by atoms with Crippen molar-refractivity contribution in [2.24, 2.45) is 0 Å². The second-order valence-electron chi connectivity index (χ2n) is 8.69. The molecular weight excluding hydrogens is 487 g/mol. The van der Waals surface area contributed by atoms with Crippen LogP contribution >= 0.6 is 0 Å². The van der Waals surface area contributed by atoms with Crippen molar-refractivity contribution in [3.05, 3.63) is 71.3 Å². The zero-order valence-electron chi connectivity index (χ0n) is 19.8. The van der Waals surface area contributed by atoms with Crippen molar-refractivity contribution in [2.75, 3.05) is 18.0 Å². The van der Waals surface area contributed by atoms with Crippen LogP contribution < -0.4 is 9.64 Å². The maximum absolute atomic E-state index is 12.4. The summed E-state index contributed by atoms with van der Waals surface area (Å²) < 4.78 is 48.2. The summed E-state index contributed by atoms with van der Waals surface area (Å²) in [6.45, 7) is 11.3. The fourth-order valence-corrected chi connectivity index (χ4v) is 4.15. The number of alkyl halides is 3. The van der Waals surface area contributed by atoms with E-state index in [0.717, 1.165) is 43.0 Å². The van der Waals surface area contributed by atoms with E-state index in [0.29, 0.717) is 17.8 Å². The van der Waals surface area contributed by atoms with Crippen molar-refractivity contribution in [2.45, 2.75) is 38.7 Å². The highest BCUT2D eigenvalue weighted by molar-refractivity contribution is 5.59. The van der Waals surface area contributed by atoms with E-state index >= 15 is 0 Å². The molecule has 0 atom stereocenters. The normalized spacial score (nSPS) is 14.5. The minimum Gasteiger partial charge on any atom is -0.406 e. The second-order valence-corrected chi connectivity index (χ2v) is 8.69. The summed E-state index contributed by atoms with van der Waals surface area (Å²) in [7, 11) is 0. The summed E-state index contributed by atoms with van der Waals surface area (Å²) in [5.74, 6) is 0.979. The van der Waals surface area contributed by atoms with Crippen molar-refractivity contribution in [1.29, 1.82) is 0 Å². The van der Waals surface area contributed by atoms with Crippen LogP contribution in [0, 0.1) is 13.5 Å². The molecule has 1 aliphatic rings. The number of benzene rings is 1. The minimum atomic E-state index is -4.76. The predicted octanol–water partition coefficient (Wildman–Crippen LogP) is 5.14. The van der Waals surface area contributed by atoms with Crippen LogP contribution in [0.3, 0.4) is 0 Å². The Kier molecular flexibility index (Phi) is 6.52. The van der Waals surface area contributed by atoms with E-state index in [1.165, 1.54) is 24.3 Å². The molecule has 1 aliphatic heterocycles. The van der Waals surface area contributed by atoms with E-state index in [1.807, 2.05) is 29.8 Å². The SMILES string of the molecule is [C-]#[N+]C1CCN(c2cc(Cn3nc(-c4nc(-c5ccc(OC(F)(F)F)cc5)no4)cc3C)ccn2)CC1. The lowest BCUT2D eigenvalue weighted by atomic mass is 10.1. The maximum Gasteiger partial charge on any atom is 0.573 e. The lowest BCUT2D eigenvalue weighted by molar-refractivity contribution is -0.274. The number of pyridine rings is 1. The highest BCUT2D eigenvalue weighted by Gasteiger charge is 2.31. The van der Waals surface area contributed by atoms with Crippen LogP contribution in [0.1, 0.15) is 24.1 Å². The van der Waals surface area contributed by atoms with Gasteiger partial charge in [0.25, 0.3) is 5.89 Å². The fourth-order valence-electron chi connectivity index (χ4n) is 4.15. The third-order valence-corrected chi connectivity index (χ3v) is 6.09. The first kappa shape index (κ1) is 24.3. The molecule has 190 valence electrons. The Hall–Kier alpha value is -4.40. The number of ether oxygens (including phenoxy) is 1. The molecule has 5 rings (SSSR count). The molecule has 1 fully saturated rings. The number of hydrogen-bond acceptors (Lipinski definition) is 7. The van der Waals surface area contributed by atoms with Crippen molar-refractivity contribution in [1.82, 2.24) is 24.9 Å². The Balaban J connectivity index is 1.28. The van der Waals surface area contributed by atoms with E-state index in [9.17, 15) is 13.2 Å². The Bertz CT molecular complexity index is 1420. The maximum atomic E-state index is 12.4. The second kappa shape index (κ2) is 9.93. The Morgan fingerprint density at radius 3 is 2.59 bits per heavy atom. The molecule has 37 heavy (non-hydrogen) atoms. The number of halogens is 3. The molecule has 9 nitrogen and oxygen atoms in total. The summed E-state index contributed by atoms with van der Waals surface area (Å²) in [5, 5.41) is 8.54. The molecule has 1 saturated heterocycles. The number of anilines is 1. The van der Waals surface area contributed by atoms with Crippen molar-refractivity contribution in [3.63, 3.8) is 0 Å². The number of aryl methyl sites for hydroxylation is 1. The van der Waals surface area contributed by atoms with Gasteiger partial charge in [0.15, 0.2) is 5.69 Å². The largest absolute Gasteiger partial charge is 0.573 e. The number of nitrogens with zero attached hydrogens (tertiary/aromatic N) is 7. The fraction of sp³-hybridized carbons (Fsp3) is 0.320. The van der Waals surface area contributed by atoms with E-state index in [4.69, 9.17) is 11.1 Å². The van der Waals surface area contributed by atoms with Crippen LogP contribution in [-0.4, -0.2) is 50.4 Å². The third kappa shape index (κ3) is 5.72. The van der Waals surface area contributed by atoms with Crippen LogP contribution in [0.5, 0.6) is 5.75 Å². The van der Waals surface area contributed by atoms with Gasteiger partial charge in [-0.3, -0.25) is 4.68 Å². The molecule has 0 spiro atoms. The van der Waals surface area contributed by atoms with Gasteiger partial charge in [-0.15, -0.1) is 13.2 Å². The molecular formula is C25H22F3N7O2. The molecule has 0 aliphatic carbocycles. The topological polar surface area (TPSA) is 86.5 Å². The first-order chi connectivity index (χ1) is 17.8. The van der Waals surface area contributed by atoms with Gasteiger partial charge >= 0.3 is 6.36 Å². The summed E-state index contributed by atoms with van der Waals surface area (Å²) in [6.07, 6.45) is -1.30.